The summed E-state index contributed by atoms with van der Waals surface area (Å²) in [5.74, 6) is -2.36. The van der Waals surface area contributed by atoms with Crippen molar-refractivity contribution in [2.75, 3.05) is 10.6 Å². The van der Waals surface area contributed by atoms with Crippen LogP contribution in [-0.4, -0.2) is 10.9 Å². The van der Waals surface area contributed by atoms with E-state index < -0.39 is 23.2 Å². The third-order valence-corrected chi connectivity index (χ3v) is 3.54. The maximum absolute atomic E-state index is 13.6. The Morgan fingerprint density at radius 1 is 0.920 bits per heavy atom. The Bertz CT molecular complexity index is 847. The van der Waals surface area contributed by atoms with E-state index in [1.54, 1.807) is 6.07 Å². The number of hydrogen-bond donors (Lipinski definition) is 2. The highest BCUT2D eigenvalue weighted by Crippen LogP contribution is 2.19. The summed E-state index contributed by atoms with van der Waals surface area (Å²) in [5, 5.41) is 5.38. The van der Waals surface area contributed by atoms with E-state index in [4.69, 9.17) is 0 Å². The molecule has 2 aromatic carbocycles. The molecule has 25 heavy (non-hydrogen) atoms. The number of anilines is 2. The lowest BCUT2D eigenvalue weighted by molar-refractivity contribution is 0.102. The van der Waals surface area contributed by atoms with Crippen LogP contribution < -0.4 is 10.6 Å². The van der Waals surface area contributed by atoms with Crippen molar-refractivity contribution in [1.29, 1.82) is 0 Å². The first kappa shape index (κ1) is 16.6. The molecule has 0 unspecified atom stereocenters. The number of pyridine rings is 1. The predicted molar refractivity (Wildman–Crippen MR) is 92.3 cm³/mol. The number of nitrogens with zero attached hydrogens (tertiary/aromatic N) is 1. The largest absolute Gasteiger partial charge is 0.380 e. The molecule has 4 nitrogen and oxygen atoms in total. The number of nitrogens with one attached hydrogen (secondary N) is 2. The van der Waals surface area contributed by atoms with E-state index in [9.17, 15) is 13.6 Å². The first-order chi connectivity index (χ1) is 12.1. The zero-order valence-corrected chi connectivity index (χ0v) is 13.2. The van der Waals surface area contributed by atoms with Crippen molar-refractivity contribution >= 4 is 17.3 Å². The molecule has 0 aliphatic rings. The fourth-order valence-corrected chi connectivity index (χ4v) is 2.23. The predicted octanol–water partition coefficient (Wildman–Crippen LogP) is 4.22. The van der Waals surface area contributed by atoms with Crippen LogP contribution in [0, 0.1) is 11.6 Å². The lowest BCUT2D eigenvalue weighted by Crippen LogP contribution is -2.15. The van der Waals surface area contributed by atoms with Gasteiger partial charge in [0.05, 0.1) is 11.9 Å². The Labute approximate surface area is 143 Å². The normalized spacial score (nSPS) is 10.3. The minimum Gasteiger partial charge on any atom is -0.380 e. The third kappa shape index (κ3) is 4.17. The van der Waals surface area contributed by atoms with Crippen molar-refractivity contribution < 1.29 is 13.6 Å². The second kappa shape index (κ2) is 7.53. The summed E-state index contributed by atoms with van der Waals surface area (Å²) in [5.41, 5.74) is 1.42. The second-order valence-corrected chi connectivity index (χ2v) is 5.32. The van der Waals surface area contributed by atoms with E-state index in [1.165, 1.54) is 18.3 Å². The van der Waals surface area contributed by atoms with E-state index >= 15 is 0 Å². The number of amides is 1. The Hall–Kier alpha value is -3.28. The number of para-hydroxylation sites is 1. The molecule has 3 aromatic rings. The maximum Gasteiger partial charge on any atom is 0.274 e. The lowest BCUT2D eigenvalue weighted by atomic mass is 10.2. The Balaban J connectivity index is 1.64. The molecule has 6 heteroatoms. The van der Waals surface area contributed by atoms with Gasteiger partial charge in [-0.3, -0.25) is 4.79 Å². The number of carbonyl (C=O) groups is 1. The highest BCUT2D eigenvalue weighted by Gasteiger charge is 2.14. The smallest absolute Gasteiger partial charge is 0.274 e. The summed E-state index contributed by atoms with van der Waals surface area (Å²) in [6.07, 6.45) is 1.50. The number of halogens is 2. The van der Waals surface area contributed by atoms with Gasteiger partial charge >= 0.3 is 0 Å². The molecule has 1 aromatic heterocycles. The zero-order chi connectivity index (χ0) is 17.6. The van der Waals surface area contributed by atoms with Gasteiger partial charge in [0.2, 0.25) is 0 Å². The molecule has 0 radical (unpaired) electrons. The van der Waals surface area contributed by atoms with Gasteiger partial charge in [0.25, 0.3) is 5.91 Å². The van der Waals surface area contributed by atoms with Crippen LogP contribution in [0.4, 0.5) is 20.2 Å². The van der Waals surface area contributed by atoms with Gasteiger partial charge in [0.15, 0.2) is 0 Å². The molecule has 1 amide bonds. The Morgan fingerprint density at radius 2 is 1.64 bits per heavy atom. The number of carbonyl (C=O) groups excluding carboxylic acids is 1. The molecule has 0 aliphatic carbocycles. The van der Waals surface area contributed by atoms with Gasteiger partial charge in [-0.25, -0.2) is 13.8 Å². The molecule has 2 N–H and O–H groups in total. The minimum atomic E-state index is -0.838. The first-order valence-corrected chi connectivity index (χ1v) is 7.63. The average Bonchev–Trinajstić information content (AvgIpc) is 2.64. The van der Waals surface area contributed by atoms with Crippen LogP contribution in [0.5, 0.6) is 0 Å². The van der Waals surface area contributed by atoms with Gasteiger partial charge in [0, 0.05) is 6.54 Å². The monoisotopic (exact) mass is 339 g/mol. The highest BCUT2D eigenvalue weighted by molar-refractivity contribution is 6.03. The number of hydrogen-bond acceptors (Lipinski definition) is 3. The second-order valence-electron chi connectivity index (χ2n) is 5.32. The van der Waals surface area contributed by atoms with Crippen LogP contribution in [-0.2, 0) is 6.54 Å². The molecule has 1 heterocycles. The minimum absolute atomic E-state index is 0.0629. The summed E-state index contributed by atoms with van der Waals surface area (Å²) in [6, 6.07) is 16.4. The molecule has 0 spiro atoms. The summed E-state index contributed by atoms with van der Waals surface area (Å²) in [7, 11) is 0. The molecular weight excluding hydrogens is 324 g/mol. The van der Waals surface area contributed by atoms with Crippen molar-refractivity contribution in [1.82, 2.24) is 4.98 Å². The summed E-state index contributed by atoms with van der Waals surface area (Å²) < 4.78 is 27.1. The Morgan fingerprint density at radius 3 is 2.28 bits per heavy atom. The standard InChI is InChI=1S/C19H15F2N3O/c20-15-7-4-8-16(21)18(15)24-19(25)17-10-9-14(12-23-17)22-11-13-5-2-1-3-6-13/h1-10,12,22H,11H2,(H,24,25). The molecule has 0 atom stereocenters. The fourth-order valence-electron chi connectivity index (χ4n) is 2.23. The van der Waals surface area contributed by atoms with Crippen LogP contribution in [0.1, 0.15) is 16.1 Å². The van der Waals surface area contributed by atoms with Crippen LogP contribution in [0.2, 0.25) is 0 Å². The summed E-state index contributed by atoms with van der Waals surface area (Å²) >= 11 is 0. The van der Waals surface area contributed by atoms with Crippen molar-refractivity contribution in [2.45, 2.75) is 6.54 Å². The van der Waals surface area contributed by atoms with Crippen molar-refractivity contribution in [3.63, 3.8) is 0 Å². The summed E-state index contributed by atoms with van der Waals surface area (Å²) in [6.45, 7) is 0.620. The molecule has 0 aliphatic heterocycles. The molecule has 0 saturated heterocycles. The third-order valence-electron chi connectivity index (χ3n) is 3.54. The molecule has 3 rings (SSSR count). The van der Waals surface area contributed by atoms with Crippen molar-refractivity contribution in [3.05, 3.63) is 89.8 Å². The van der Waals surface area contributed by atoms with Gasteiger partial charge in [-0.15, -0.1) is 0 Å². The first-order valence-electron chi connectivity index (χ1n) is 7.63. The number of rotatable bonds is 5. The van der Waals surface area contributed by atoms with Gasteiger partial charge in [-0.2, -0.15) is 0 Å². The van der Waals surface area contributed by atoms with Crippen LogP contribution >= 0.6 is 0 Å². The molecule has 0 saturated carbocycles. The molecule has 126 valence electrons. The SMILES string of the molecule is O=C(Nc1c(F)cccc1F)c1ccc(NCc2ccccc2)cn1. The van der Waals surface area contributed by atoms with Gasteiger partial charge in [-0.1, -0.05) is 36.4 Å². The van der Waals surface area contributed by atoms with Gasteiger partial charge < -0.3 is 10.6 Å². The zero-order valence-electron chi connectivity index (χ0n) is 13.2. The van der Waals surface area contributed by atoms with Crippen LogP contribution in [0.3, 0.4) is 0 Å². The highest BCUT2D eigenvalue weighted by atomic mass is 19.1. The van der Waals surface area contributed by atoms with Crippen LogP contribution in [0.15, 0.2) is 66.9 Å². The maximum atomic E-state index is 13.6. The van der Waals surface area contributed by atoms with E-state index in [0.717, 1.165) is 23.4 Å². The topological polar surface area (TPSA) is 54.0 Å². The van der Waals surface area contributed by atoms with E-state index in [0.29, 0.717) is 6.54 Å². The summed E-state index contributed by atoms with van der Waals surface area (Å²) in [4.78, 5) is 16.1. The van der Waals surface area contributed by atoms with Gasteiger partial charge in [-0.05, 0) is 29.8 Å². The number of benzene rings is 2. The quantitative estimate of drug-likeness (QED) is 0.732. The van der Waals surface area contributed by atoms with Crippen molar-refractivity contribution in [2.24, 2.45) is 0 Å². The van der Waals surface area contributed by atoms with Crippen molar-refractivity contribution in [3.8, 4) is 0 Å². The molecular formula is C19H15F2N3O. The molecule has 0 bridgehead atoms. The molecule has 0 fully saturated rings. The fraction of sp³-hybridized carbons (Fsp3) is 0.0526. The average molecular weight is 339 g/mol. The van der Waals surface area contributed by atoms with E-state index in [2.05, 4.69) is 15.6 Å². The lowest BCUT2D eigenvalue weighted by Gasteiger charge is -2.09. The Kier molecular flexibility index (Phi) is 4.99. The van der Waals surface area contributed by atoms with E-state index in [1.807, 2.05) is 30.3 Å². The number of aromatic nitrogens is 1. The van der Waals surface area contributed by atoms with Crippen LogP contribution in [0.25, 0.3) is 0 Å². The van der Waals surface area contributed by atoms with E-state index in [-0.39, 0.29) is 5.69 Å². The van der Waals surface area contributed by atoms with Gasteiger partial charge in [0.1, 0.15) is 23.0 Å².